The minimum atomic E-state index is -0.698. The molecule has 1 aromatic rings. The quantitative estimate of drug-likeness (QED) is 0.650. The third kappa shape index (κ3) is 2.97. The number of ether oxygens (including phenoxy) is 1. The number of hydrogen-bond donors (Lipinski definition) is 1. The van der Waals surface area contributed by atoms with E-state index in [4.69, 9.17) is 9.15 Å². The highest BCUT2D eigenvalue weighted by Gasteiger charge is 2.36. The van der Waals surface area contributed by atoms with Crippen LogP contribution in [0.15, 0.2) is 16.5 Å². The lowest BCUT2D eigenvalue weighted by atomic mass is 10.1. The molecule has 0 spiro atoms. The maximum absolute atomic E-state index is 12.3. The minimum absolute atomic E-state index is 0.0916. The van der Waals surface area contributed by atoms with Gasteiger partial charge in [0.15, 0.2) is 5.76 Å². The van der Waals surface area contributed by atoms with Crippen LogP contribution in [0.3, 0.4) is 0 Å². The number of carbonyl (C=O) groups excluding carboxylic acids is 1. The molecule has 1 aromatic heterocycles. The predicted molar refractivity (Wildman–Crippen MR) is 67.3 cm³/mol. The normalized spacial score (nSPS) is 21.8. The number of aliphatic hydroxyl groups excluding tert-OH is 1. The van der Waals surface area contributed by atoms with E-state index in [9.17, 15) is 20.0 Å². The zero-order valence-corrected chi connectivity index (χ0v) is 11.2. The first kappa shape index (κ1) is 14.5. The van der Waals surface area contributed by atoms with Gasteiger partial charge in [0, 0.05) is 13.1 Å². The van der Waals surface area contributed by atoms with Crippen molar-refractivity contribution >= 4 is 11.8 Å². The van der Waals surface area contributed by atoms with E-state index < -0.39 is 28.4 Å². The minimum Gasteiger partial charge on any atom is -0.395 e. The molecule has 0 saturated carbocycles. The Morgan fingerprint density at radius 3 is 2.85 bits per heavy atom. The van der Waals surface area contributed by atoms with Crippen molar-refractivity contribution in [2.45, 2.75) is 25.6 Å². The van der Waals surface area contributed by atoms with Crippen molar-refractivity contribution in [3.05, 3.63) is 28.0 Å². The zero-order chi connectivity index (χ0) is 14.9. The van der Waals surface area contributed by atoms with Gasteiger partial charge in [0.1, 0.15) is 4.92 Å². The molecule has 0 aromatic carbocycles. The summed E-state index contributed by atoms with van der Waals surface area (Å²) in [7, 11) is 0. The van der Waals surface area contributed by atoms with Crippen molar-refractivity contribution in [3.63, 3.8) is 0 Å². The van der Waals surface area contributed by atoms with Gasteiger partial charge in [-0.2, -0.15) is 0 Å². The van der Waals surface area contributed by atoms with E-state index in [0.29, 0.717) is 6.54 Å². The molecule has 1 unspecified atom stereocenters. The van der Waals surface area contributed by atoms with Crippen LogP contribution >= 0.6 is 0 Å². The number of rotatable bonds is 3. The third-order valence-corrected chi connectivity index (χ3v) is 2.95. The van der Waals surface area contributed by atoms with Crippen LogP contribution in [0.1, 0.15) is 24.4 Å². The molecule has 1 saturated heterocycles. The van der Waals surface area contributed by atoms with Gasteiger partial charge in [0.25, 0.3) is 5.91 Å². The standard InChI is InChI=1S/C12H16N2O6/c1-12(2)7-13(5-8(6-15)20-12)11(16)9-3-4-10(19-9)14(17)18/h3-4,8,15H,5-7H2,1-2H3. The van der Waals surface area contributed by atoms with Crippen LogP contribution in [-0.4, -0.2) is 52.2 Å². The summed E-state index contributed by atoms with van der Waals surface area (Å²) in [6, 6.07) is 2.42. The van der Waals surface area contributed by atoms with Crippen LogP contribution in [0.5, 0.6) is 0 Å². The van der Waals surface area contributed by atoms with Crippen LogP contribution in [0.4, 0.5) is 5.88 Å². The van der Waals surface area contributed by atoms with Crippen LogP contribution in [-0.2, 0) is 4.74 Å². The van der Waals surface area contributed by atoms with Gasteiger partial charge in [-0.25, -0.2) is 0 Å². The van der Waals surface area contributed by atoms with Crippen molar-refractivity contribution in [2.75, 3.05) is 19.7 Å². The maximum Gasteiger partial charge on any atom is 0.433 e. The second kappa shape index (κ2) is 5.22. The summed E-state index contributed by atoms with van der Waals surface area (Å²) in [5.41, 5.74) is -0.597. The van der Waals surface area contributed by atoms with Gasteiger partial charge < -0.3 is 19.2 Å². The number of amides is 1. The van der Waals surface area contributed by atoms with Crippen molar-refractivity contribution < 1.29 is 24.0 Å². The van der Waals surface area contributed by atoms with Crippen molar-refractivity contribution in [2.24, 2.45) is 0 Å². The van der Waals surface area contributed by atoms with E-state index in [-0.39, 0.29) is 18.9 Å². The molecule has 8 nitrogen and oxygen atoms in total. The van der Waals surface area contributed by atoms with E-state index in [1.165, 1.54) is 11.0 Å². The summed E-state index contributed by atoms with van der Waals surface area (Å²) in [6.07, 6.45) is -0.479. The molecule has 1 amide bonds. The van der Waals surface area contributed by atoms with E-state index in [0.717, 1.165) is 6.07 Å². The number of carbonyl (C=O) groups is 1. The molecule has 2 heterocycles. The number of morpholine rings is 1. The lowest BCUT2D eigenvalue weighted by molar-refractivity contribution is -0.402. The summed E-state index contributed by atoms with van der Waals surface area (Å²) < 4.78 is 10.5. The average Bonchev–Trinajstić information content (AvgIpc) is 2.85. The van der Waals surface area contributed by atoms with Crippen molar-refractivity contribution in [1.29, 1.82) is 0 Å². The molecular weight excluding hydrogens is 268 g/mol. The largest absolute Gasteiger partial charge is 0.433 e. The predicted octanol–water partition coefficient (Wildman–Crippen LogP) is 0.800. The van der Waals surface area contributed by atoms with E-state index >= 15 is 0 Å². The Kier molecular flexibility index (Phi) is 3.78. The van der Waals surface area contributed by atoms with Crippen molar-refractivity contribution in [3.8, 4) is 0 Å². The second-order valence-corrected chi connectivity index (χ2v) is 5.26. The second-order valence-electron chi connectivity index (χ2n) is 5.26. The molecule has 110 valence electrons. The Hall–Kier alpha value is -1.93. The Balaban J connectivity index is 2.16. The van der Waals surface area contributed by atoms with Gasteiger partial charge in [-0.15, -0.1) is 0 Å². The van der Waals surface area contributed by atoms with Gasteiger partial charge >= 0.3 is 5.88 Å². The molecule has 0 aliphatic carbocycles. The van der Waals surface area contributed by atoms with Gasteiger partial charge in [0.05, 0.1) is 24.4 Å². The maximum atomic E-state index is 12.3. The van der Waals surface area contributed by atoms with E-state index in [1.807, 2.05) is 0 Å². The average molecular weight is 284 g/mol. The molecule has 0 radical (unpaired) electrons. The Morgan fingerprint density at radius 2 is 2.30 bits per heavy atom. The van der Waals surface area contributed by atoms with E-state index in [2.05, 4.69) is 0 Å². The monoisotopic (exact) mass is 284 g/mol. The van der Waals surface area contributed by atoms with Crippen molar-refractivity contribution in [1.82, 2.24) is 4.90 Å². The summed E-state index contributed by atoms with van der Waals surface area (Å²) >= 11 is 0. The SMILES string of the molecule is CC1(C)CN(C(=O)c2ccc([N+](=O)[O-])o2)CC(CO)O1. The molecule has 1 aliphatic rings. The topological polar surface area (TPSA) is 106 Å². The highest BCUT2D eigenvalue weighted by atomic mass is 16.6. The highest BCUT2D eigenvalue weighted by Crippen LogP contribution is 2.24. The third-order valence-electron chi connectivity index (χ3n) is 2.95. The van der Waals surface area contributed by atoms with Gasteiger partial charge in [-0.3, -0.25) is 14.9 Å². The number of aliphatic hydroxyl groups is 1. The Morgan fingerprint density at radius 1 is 1.60 bits per heavy atom. The van der Waals surface area contributed by atoms with Gasteiger partial charge in [0.2, 0.25) is 0 Å². The molecule has 8 heteroatoms. The molecular formula is C12H16N2O6. The van der Waals surface area contributed by atoms with Crippen LogP contribution in [0.25, 0.3) is 0 Å². The fourth-order valence-electron chi connectivity index (χ4n) is 2.24. The molecule has 1 atom stereocenters. The fourth-order valence-corrected chi connectivity index (χ4v) is 2.24. The lowest BCUT2D eigenvalue weighted by Gasteiger charge is -2.41. The smallest absolute Gasteiger partial charge is 0.395 e. The number of furan rings is 1. The Labute approximate surface area is 115 Å². The molecule has 20 heavy (non-hydrogen) atoms. The first-order valence-electron chi connectivity index (χ1n) is 6.14. The number of hydrogen-bond acceptors (Lipinski definition) is 6. The molecule has 1 fully saturated rings. The van der Waals surface area contributed by atoms with Crippen LogP contribution < -0.4 is 0 Å². The molecule has 1 aliphatic heterocycles. The first-order valence-corrected chi connectivity index (χ1v) is 6.14. The summed E-state index contributed by atoms with van der Waals surface area (Å²) in [6.45, 7) is 3.94. The first-order chi connectivity index (χ1) is 9.32. The fraction of sp³-hybridized carbons (Fsp3) is 0.583. The van der Waals surface area contributed by atoms with Crippen LogP contribution in [0, 0.1) is 10.1 Å². The molecule has 1 N–H and O–H groups in total. The van der Waals surface area contributed by atoms with Gasteiger partial charge in [-0.05, 0) is 19.9 Å². The van der Waals surface area contributed by atoms with Gasteiger partial charge in [-0.1, -0.05) is 0 Å². The summed E-state index contributed by atoms with van der Waals surface area (Å²) in [5, 5.41) is 19.7. The molecule has 0 bridgehead atoms. The number of nitrogens with zero attached hydrogens (tertiary/aromatic N) is 2. The summed E-state index contributed by atoms with van der Waals surface area (Å²) in [4.78, 5) is 23.6. The number of nitro groups is 1. The summed E-state index contributed by atoms with van der Waals surface area (Å²) in [5.74, 6) is -1.02. The van der Waals surface area contributed by atoms with Crippen LogP contribution in [0.2, 0.25) is 0 Å². The molecule has 2 rings (SSSR count). The lowest BCUT2D eigenvalue weighted by Crippen LogP contribution is -2.55. The highest BCUT2D eigenvalue weighted by molar-refractivity contribution is 5.91. The van der Waals surface area contributed by atoms with E-state index in [1.54, 1.807) is 13.8 Å². The zero-order valence-electron chi connectivity index (χ0n) is 11.2. The Bertz CT molecular complexity index is 524.